The molecule has 0 aliphatic carbocycles. The highest BCUT2D eigenvalue weighted by Gasteiger charge is 2.35. The molecule has 0 atom stereocenters. The lowest BCUT2D eigenvalue weighted by Crippen LogP contribution is -2.30. The molecular formula is C12H17F3N4OS. The van der Waals surface area contributed by atoms with Crippen LogP contribution in [0.25, 0.3) is 0 Å². The van der Waals surface area contributed by atoms with Crippen molar-refractivity contribution in [2.75, 3.05) is 28.7 Å². The van der Waals surface area contributed by atoms with Crippen molar-refractivity contribution in [1.29, 1.82) is 0 Å². The molecule has 0 unspecified atom stereocenters. The third-order valence-electron chi connectivity index (χ3n) is 3.08. The van der Waals surface area contributed by atoms with E-state index in [2.05, 4.69) is 20.6 Å². The van der Waals surface area contributed by atoms with Crippen LogP contribution in [0.5, 0.6) is 0 Å². The van der Waals surface area contributed by atoms with E-state index in [4.69, 9.17) is 0 Å². The van der Waals surface area contributed by atoms with Crippen LogP contribution in [0.2, 0.25) is 0 Å². The minimum atomic E-state index is -4.59. The van der Waals surface area contributed by atoms with Crippen LogP contribution in [0.3, 0.4) is 0 Å². The molecule has 1 aliphatic heterocycles. The summed E-state index contributed by atoms with van der Waals surface area (Å²) in [6, 6.07) is 1.46. The summed E-state index contributed by atoms with van der Waals surface area (Å²) in [4.78, 5) is 7.00. The molecule has 0 spiro atoms. The van der Waals surface area contributed by atoms with E-state index in [1.54, 1.807) is 6.92 Å². The van der Waals surface area contributed by atoms with E-state index < -0.39 is 22.8 Å². The van der Waals surface area contributed by atoms with Gasteiger partial charge in [0.05, 0.1) is 0 Å². The van der Waals surface area contributed by atoms with E-state index in [-0.39, 0.29) is 17.7 Å². The highest BCUT2D eigenvalue weighted by atomic mass is 32.2. The van der Waals surface area contributed by atoms with E-state index in [0.717, 1.165) is 0 Å². The summed E-state index contributed by atoms with van der Waals surface area (Å²) in [5.74, 6) is 0.250. The van der Waals surface area contributed by atoms with Gasteiger partial charge >= 0.3 is 6.18 Å². The molecule has 1 aromatic rings. The van der Waals surface area contributed by atoms with E-state index in [9.17, 15) is 17.4 Å². The highest BCUT2D eigenvalue weighted by Crippen LogP contribution is 2.28. The van der Waals surface area contributed by atoms with Gasteiger partial charge in [0.25, 0.3) is 0 Å². The van der Waals surface area contributed by atoms with Crippen molar-refractivity contribution >= 4 is 22.4 Å². The first kappa shape index (κ1) is 16.0. The van der Waals surface area contributed by atoms with Gasteiger partial charge in [-0.05, 0) is 19.8 Å². The fraction of sp³-hybridized carbons (Fsp3) is 0.667. The molecule has 0 amide bonds. The molecule has 0 saturated carbocycles. The van der Waals surface area contributed by atoms with Crippen molar-refractivity contribution in [3.8, 4) is 0 Å². The number of hydrogen-bond acceptors (Lipinski definition) is 5. The van der Waals surface area contributed by atoms with Crippen LogP contribution in [0.1, 0.15) is 25.6 Å². The van der Waals surface area contributed by atoms with Crippen LogP contribution in [-0.4, -0.2) is 38.3 Å². The van der Waals surface area contributed by atoms with Crippen LogP contribution >= 0.6 is 0 Å². The van der Waals surface area contributed by atoms with Crippen molar-refractivity contribution in [3.63, 3.8) is 0 Å². The van der Waals surface area contributed by atoms with Gasteiger partial charge < -0.3 is 10.6 Å². The average molecular weight is 322 g/mol. The van der Waals surface area contributed by atoms with Crippen molar-refractivity contribution < 1.29 is 17.4 Å². The number of anilines is 2. The van der Waals surface area contributed by atoms with Gasteiger partial charge in [-0.15, -0.1) is 0 Å². The molecule has 2 heterocycles. The zero-order chi connectivity index (χ0) is 15.5. The maximum atomic E-state index is 12.8. The van der Waals surface area contributed by atoms with Gasteiger partial charge in [-0.1, -0.05) is 0 Å². The fourth-order valence-electron chi connectivity index (χ4n) is 2.07. The first-order chi connectivity index (χ1) is 9.88. The second kappa shape index (κ2) is 6.59. The molecule has 0 aromatic carbocycles. The summed E-state index contributed by atoms with van der Waals surface area (Å²) in [7, 11) is -0.810. The normalized spacial score (nSPS) is 22.9. The summed E-state index contributed by atoms with van der Waals surface area (Å²) in [5, 5.41) is 5.75. The Hall–Kier alpha value is -1.38. The van der Waals surface area contributed by atoms with Crippen LogP contribution < -0.4 is 10.6 Å². The van der Waals surface area contributed by atoms with E-state index in [1.807, 2.05) is 0 Å². The highest BCUT2D eigenvalue weighted by molar-refractivity contribution is 7.85. The molecule has 1 aromatic heterocycles. The topological polar surface area (TPSA) is 66.9 Å². The second-order valence-corrected chi connectivity index (χ2v) is 6.45. The lowest BCUT2D eigenvalue weighted by Gasteiger charge is -2.23. The zero-order valence-corrected chi connectivity index (χ0v) is 12.4. The first-order valence-corrected chi connectivity index (χ1v) is 8.19. The monoisotopic (exact) mass is 322 g/mol. The summed E-state index contributed by atoms with van der Waals surface area (Å²) >= 11 is 0. The quantitative estimate of drug-likeness (QED) is 0.890. The Balaban J connectivity index is 2.17. The summed E-state index contributed by atoms with van der Waals surface area (Å²) in [6.45, 7) is 2.25. The van der Waals surface area contributed by atoms with Crippen LogP contribution in [0.4, 0.5) is 24.8 Å². The van der Waals surface area contributed by atoms with E-state index in [0.29, 0.717) is 30.9 Å². The van der Waals surface area contributed by atoms with Gasteiger partial charge in [0.15, 0.2) is 0 Å². The molecule has 21 heavy (non-hydrogen) atoms. The number of halogens is 3. The summed E-state index contributed by atoms with van der Waals surface area (Å²) in [6.07, 6.45) is -3.26. The Labute approximate surface area is 123 Å². The Morgan fingerprint density at radius 3 is 2.48 bits per heavy atom. The third kappa shape index (κ3) is 4.55. The Kier molecular flexibility index (Phi) is 5.02. The smallest absolute Gasteiger partial charge is 0.370 e. The summed E-state index contributed by atoms with van der Waals surface area (Å²) < 4.78 is 49.7. The minimum absolute atomic E-state index is 0.00633. The molecule has 0 radical (unpaired) electrons. The maximum absolute atomic E-state index is 12.8. The third-order valence-corrected chi connectivity index (χ3v) is 4.46. The number of alkyl halides is 3. The first-order valence-electron chi connectivity index (χ1n) is 6.70. The van der Waals surface area contributed by atoms with Crippen molar-refractivity contribution in [2.45, 2.75) is 32.0 Å². The lowest BCUT2D eigenvalue weighted by molar-refractivity contribution is -0.144. The van der Waals surface area contributed by atoms with Crippen LogP contribution in [0, 0.1) is 0 Å². The number of nitrogens with zero attached hydrogens (tertiary/aromatic N) is 2. The lowest BCUT2D eigenvalue weighted by atomic mass is 10.1. The molecule has 5 nitrogen and oxygen atoms in total. The number of aromatic nitrogens is 2. The van der Waals surface area contributed by atoms with Gasteiger partial charge in [0, 0.05) is 41.0 Å². The number of rotatable bonds is 4. The molecular weight excluding hydrogens is 305 g/mol. The second-order valence-electron chi connectivity index (χ2n) is 4.76. The summed E-state index contributed by atoms with van der Waals surface area (Å²) in [5.41, 5.74) is 0. The standard InChI is InChI=1S/C12H17F3N4OS/c1-2-16-9-7-10(19-11(18-9)12(13,14)15)17-8-3-5-21(20)6-4-8/h7-8H,2-6H2,1H3,(H2,16,17,18,19). The largest absolute Gasteiger partial charge is 0.451 e. The predicted molar refractivity (Wildman–Crippen MR) is 75.7 cm³/mol. The van der Waals surface area contributed by atoms with Gasteiger partial charge in [-0.2, -0.15) is 13.2 Å². The van der Waals surface area contributed by atoms with Crippen LogP contribution in [0.15, 0.2) is 6.07 Å². The SMILES string of the molecule is CCNc1cc(NC2CCS(=O)CC2)nc(C(F)(F)F)n1. The predicted octanol–water partition coefficient (Wildman–Crippen LogP) is 2.25. The van der Waals surface area contributed by atoms with Gasteiger partial charge in [0.1, 0.15) is 11.6 Å². The molecule has 2 N–H and O–H groups in total. The molecule has 1 saturated heterocycles. The number of hydrogen-bond donors (Lipinski definition) is 2. The molecule has 9 heteroatoms. The molecule has 2 rings (SSSR count). The zero-order valence-electron chi connectivity index (χ0n) is 11.5. The minimum Gasteiger partial charge on any atom is -0.370 e. The van der Waals surface area contributed by atoms with Crippen molar-refractivity contribution in [2.24, 2.45) is 0 Å². The Bertz CT molecular complexity index is 514. The molecule has 0 bridgehead atoms. The number of nitrogens with one attached hydrogen (secondary N) is 2. The van der Waals surface area contributed by atoms with Gasteiger partial charge in [-0.25, -0.2) is 9.97 Å². The molecule has 1 aliphatic rings. The fourth-order valence-corrected chi connectivity index (χ4v) is 3.37. The molecule has 118 valence electrons. The van der Waals surface area contributed by atoms with Crippen molar-refractivity contribution in [1.82, 2.24) is 9.97 Å². The average Bonchev–Trinajstić information content (AvgIpc) is 2.41. The van der Waals surface area contributed by atoms with E-state index in [1.165, 1.54) is 6.07 Å². The van der Waals surface area contributed by atoms with Crippen LogP contribution in [-0.2, 0) is 17.0 Å². The Morgan fingerprint density at radius 1 is 1.29 bits per heavy atom. The van der Waals surface area contributed by atoms with Gasteiger partial charge in [-0.3, -0.25) is 4.21 Å². The maximum Gasteiger partial charge on any atom is 0.451 e. The van der Waals surface area contributed by atoms with E-state index >= 15 is 0 Å². The molecule has 1 fully saturated rings. The van der Waals surface area contributed by atoms with Crippen molar-refractivity contribution in [3.05, 3.63) is 11.9 Å². The van der Waals surface area contributed by atoms with Gasteiger partial charge in [0.2, 0.25) is 5.82 Å². The Morgan fingerprint density at radius 2 is 1.90 bits per heavy atom.